The summed E-state index contributed by atoms with van der Waals surface area (Å²) in [7, 11) is 1.52. The highest BCUT2D eigenvalue weighted by molar-refractivity contribution is 5.79. The Morgan fingerprint density at radius 3 is 2.20 bits per heavy atom. The first-order valence-electron chi connectivity index (χ1n) is 14.3. The minimum Gasteiger partial charge on any atom is -0.469 e. The van der Waals surface area contributed by atoms with Gasteiger partial charge in [0, 0.05) is 5.92 Å². The van der Waals surface area contributed by atoms with Crippen molar-refractivity contribution in [1.29, 1.82) is 0 Å². The second kappa shape index (κ2) is 7.59. The molecule has 4 heteroatoms. The van der Waals surface area contributed by atoms with Crippen molar-refractivity contribution in [3.8, 4) is 0 Å². The molecule has 5 aliphatic rings. The van der Waals surface area contributed by atoms with Crippen molar-refractivity contribution >= 4 is 5.97 Å². The summed E-state index contributed by atoms with van der Waals surface area (Å²) in [4.78, 5) is 13.4. The Morgan fingerprint density at radius 1 is 0.886 bits per heavy atom. The van der Waals surface area contributed by atoms with Gasteiger partial charge in [-0.25, -0.2) is 0 Å². The molecule has 2 N–H and O–H groups in total. The Balaban J connectivity index is 1.63. The molecule has 0 aromatic rings. The molecule has 0 aliphatic heterocycles. The number of allylic oxidation sites excluding steroid dienone is 1. The standard InChI is InChI=1S/C31H50O4/c1-26(2)15-17-31(25(34)35-8)18-16-29(6)19(23(31)24(26)33)9-10-21-28(5)13-12-22(32)27(3,4)20(28)11-14-30(21,29)7/h9,20-24,32-33H,10-18H2,1-8H3/t20-,21+,22-,23+,24-,28-,29+,30+,31-/m0/s1. The van der Waals surface area contributed by atoms with E-state index in [0.717, 1.165) is 57.8 Å². The molecule has 0 aromatic heterocycles. The Bertz CT molecular complexity index is 934. The van der Waals surface area contributed by atoms with E-state index in [-0.39, 0.29) is 45.1 Å². The fourth-order valence-electron chi connectivity index (χ4n) is 10.8. The second-order valence-electron chi connectivity index (χ2n) is 15.2. The number of hydrogen-bond acceptors (Lipinski definition) is 4. The Kier molecular flexibility index (Phi) is 5.59. The minimum absolute atomic E-state index is 0.0410. The van der Waals surface area contributed by atoms with Crippen LogP contribution in [0, 0.1) is 50.2 Å². The average molecular weight is 487 g/mol. The van der Waals surface area contributed by atoms with Gasteiger partial charge in [-0.1, -0.05) is 60.1 Å². The lowest BCUT2D eigenvalue weighted by atomic mass is 9.33. The van der Waals surface area contributed by atoms with Crippen LogP contribution in [0.3, 0.4) is 0 Å². The molecule has 0 bridgehead atoms. The van der Waals surface area contributed by atoms with Gasteiger partial charge in [0.15, 0.2) is 0 Å². The number of rotatable bonds is 1. The van der Waals surface area contributed by atoms with E-state index in [1.54, 1.807) is 0 Å². The summed E-state index contributed by atoms with van der Waals surface area (Å²) in [6, 6.07) is 0. The summed E-state index contributed by atoms with van der Waals surface area (Å²) in [5.74, 6) is 0.789. The second-order valence-corrected chi connectivity index (χ2v) is 15.2. The number of ether oxygens (including phenoxy) is 1. The maximum Gasteiger partial charge on any atom is 0.312 e. The number of aliphatic hydroxyl groups is 2. The monoisotopic (exact) mass is 486 g/mol. The lowest BCUT2D eigenvalue weighted by Crippen LogP contribution is -2.66. The molecule has 4 saturated carbocycles. The molecule has 4 nitrogen and oxygen atoms in total. The first-order valence-corrected chi connectivity index (χ1v) is 14.3. The van der Waals surface area contributed by atoms with E-state index in [1.807, 2.05) is 0 Å². The zero-order valence-electron chi connectivity index (χ0n) is 23.5. The van der Waals surface area contributed by atoms with E-state index in [0.29, 0.717) is 11.8 Å². The average Bonchev–Trinajstić information content (AvgIpc) is 2.79. The highest BCUT2D eigenvalue weighted by Crippen LogP contribution is 2.75. The van der Waals surface area contributed by atoms with Crippen LogP contribution < -0.4 is 0 Å². The molecule has 0 amide bonds. The van der Waals surface area contributed by atoms with Gasteiger partial charge in [-0.05, 0) is 96.7 Å². The van der Waals surface area contributed by atoms with Crippen LogP contribution >= 0.6 is 0 Å². The third kappa shape index (κ3) is 3.02. The lowest BCUT2D eigenvalue weighted by molar-refractivity contribution is -0.213. The van der Waals surface area contributed by atoms with Gasteiger partial charge in [-0.2, -0.15) is 0 Å². The zero-order chi connectivity index (χ0) is 25.8. The molecule has 35 heavy (non-hydrogen) atoms. The number of fused-ring (bicyclic) bond motifs is 7. The van der Waals surface area contributed by atoms with Crippen molar-refractivity contribution in [1.82, 2.24) is 0 Å². The van der Waals surface area contributed by atoms with Crippen LogP contribution in [0.15, 0.2) is 11.6 Å². The van der Waals surface area contributed by atoms with Crippen molar-refractivity contribution in [3.63, 3.8) is 0 Å². The quantitative estimate of drug-likeness (QED) is 0.337. The third-order valence-corrected chi connectivity index (χ3v) is 13.4. The third-order valence-electron chi connectivity index (χ3n) is 13.4. The first kappa shape index (κ1) is 25.8. The summed E-state index contributed by atoms with van der Waals surface area (Å²) < 4.78 is 5.43. The molecule has 0 unspecified atom stereocenters. The van der Waals surface area contributed by atoms with Crippen LogP contribution in [-0.2, 0) is 9.53 Å². The number of carbonyl (C=O) groups excluding carboxylic acids is 1. The summed E-state index contributed by atoms with van der Waals surface area (Å²) in [6.07, 6.45) is 10.4. The van der Waals surface area contributed by atoms with Crippen LogP contribution in [0.1, 0.15) is 106 Å². The van der Waals surface area contributed by atoms with Crippen LogP contribution in [0.4, 0.5) is 0 Å². The smallest absolute Gasteiger partial charge is 0.312 e. The molecular weight excluding hydrogens is 436 g/mol. The lowest BCUT2D eigenvalue weighted by Gasteiger charge is -2.71. The van der Waals surface area contributed by atoms with Crippen LogP contribution in [-0.4, -0.2) is 35.5 Å². The highest BCUT2D eigenvalue weighted by atomic mass is 16.5. The Labute approximate surface area is 213 Å². The number of hydrogen-bond donors (Lipinski definition) is 2. The van der Waals surface area contributed by atoms with Crippen molar-refractivity contribution in [2.24, 2.45) is 50.2 Å². The molecule has 198 valence electrons. The SMILES string of the molecule is COC(=O)[C@]12CCC(C)(C)[C@@H](O)[C@H]1C1=CC[C@@H]3[C@@]4(C)CC[C@H](O)C(C)(C)[C@@H]4CC[C@@]3(C)[C@]1(C)CC2. The number of esters is 1. The predicted molar refractivity (Wildman–Crippen MR) is 138 cm³/mol. The van der Waals surface area contributed by atoms with E-state index in [4.69, 9.17) is 4.74 Å². The Hall–Kier alpha value is -0.870. The molecule has 0 aromatic carbocycles. The van der Waals surface area contributed by atoms with Crippen molar-refractivity contribution in [2.75, 3.05) is 7.11 Å². The van der Waals surface area contributed by atoms with E-state index in [1.165, 1.54) is 12.7 Å². The number of aliphatic hydroxyl groups excluding tert-OH is 2. The van der Waals surface area contributed by atoms with E-state index in [2.05, 4.69) is 54.5 Å². The fourth-order valence-corrected chi connectivity index (χ4v) is 10.8. The fraction of sp³-hybridized carbons (Fsp3) is 0.903. The largest absolute Gasteiger partial charge is 0.469 e. The zero-order valence-corrected chi connectivity index (χ0v) is 23.5. The van der Waals surface area contributed by atoms with Gasteiger partial charge >= 0.3 is 5.97 Å². The first-order chi connectivity index (χ1) is 16.1. The molecule has 5 rings (SSSR count). The van der Waals surface area contributed by atoms with Gasteiger partial charge in [0.05, 0.1) is 24.7 Å². The van der Waals surface area contributed by atoms with Gasteiger partial charge in [-0.15, -0.1) is 0 Å². The van der Waals surface area contributed by atoms with Crippen molar-refractivity contribution in [2.45, 2.75) is 118 Å². The van der Waals surface area contributed by atoms with Crippen molar-refractivity contribution < 1.29 is 19.7 Å². The van der Waals surface area contributed by atoms with Gasteiger partial charge in [0.25, 0.3) is 0 Å². The van der Waals surface area contributed by atoms with Crippen LogP contribution in [0.25, 0.3) is 0 Å². The van der Waals surface area contributed by atoms with Crippen LogP contribution in [0.2, 0.25) is 0 Å². The van der Waals surface area contributed by atoms with Gasteiger partial charge in [0.1, 0.15) is 0 Å². The normalized spacial score (nSPS) is 52.2. The molecule has 0 radical (unpaired) electrons. The maximum absolute atomic E-state index is 13.4. The number of carbonyl (C=O) groups is 1. The molecule has 0 spiro atoms. The molecule has 4 fully saturated rings. The van der Waals surface area contributed by atoms with Crippen molar-refractivity contribution in [3.05, 3.63) is 11.6 Å². The molecule has 5 aliphatic carbocycles. The molecular formula is C31H50O4. The van der Waals surface area contributed by atoms with Gasteiger partial charge < -0.3 is 14.9 Å². The minimum atomic E-state index is -0.601. The predicted octanol–water partition coefficient (Wildman–Crippen LogP) is 6.29. The van der Waals surface area contributed by atoms with Gasteiger partial charge in [-0.3, -0.25) is 4.79 Å². The number of methoxy groups -OCH3 is 1. The maximum atomic E-state index is 13.4. The molecule has 9 atom stereocenters. The molecule has 0 heterocycles. The Morgan fingerprint density at radius 2 is 1.54 bits per heavy atom. The highest BCUT2D eigenvalue weighted by Gasteiger charge is 2.70. The van der Waals surface area contributed by atoms with Crippen LogP contribution in [0.5, 0.6) is 0 Å². The summed E-state index contributed by atoms with van der Waals surface area (Å²) in [5, 5.41) is 22.8. The topological polar surface area (TPSA) is 66.8 Å². The summed E-state index contributed by atoms with van der Waals surface area (Å²) >= 11 is 0. The van der Waals surface area contributed by atoms with E-state index >= 15 is 0 Å². The molecule has 0 saturated heterocycles. The van der Waals surface area contributed by atoms with E-state index in [9.17, 15) is 15.0 Å². The summed E-state index contributed by atoms with van der Waals surface area (Å²) in [6.45, 7) is 16.4. The summed E-state index contributed by atoms with van der Waals surface area (Å²) in [5.41, 5.74) is 0.746. The van der Waals surface area contributed by atoms with E-state index < -0.39 is 11.5 Å². The van der Waals surface area contributed by atoms with Gasteiger partial charge in [0.2, 0.25) is 0 Å².